The van der Waals surface area contributed by atoms with Crippen molar-refractivity contribution >= 4 is 44.8 Å². The molecule has 18 heavy (non-hydrogen) atoms. The number of nitrogens with one attached hydrogen (secondary N) is 1. The molecular formula is C12H8BrClFNOS. The maximum Gasteiger partial charge on any atom is 0.254 e. The average molecular weight is 349 g/mol. The highest BCUT2D eigenvalue weighted by Gasteiger charge is 2.12. The zero-order valence-electron chi connectivity index (χ0n) is 9.04. The number of rotatable bonds is 3. The molecule has 0 fully saturated rings. The average Bonchev–Trinajstić information content (AvgIpc) is 2.75. The summed E-state index contributed by atoms with van der Waals surface area (Å²) in [4.78, 5) is 12.8. The van der Waals surface area contributed by atoms with Crippen LogP contribution >= 0.6 is 38.9 Å². The van der Waals surface area contributed by atoms with Crippen molar-refractivity contribution in [3.8, 4) is 0 Å². The van der Waals surface area contributed by atoms with E-state index in [2.05, 4.69) is 21.2 Å². The molecule has 2 aromatic rings. The first-order valence-electron chi connectivity index (χ1n) is 5.03. The van der Waals surface area contributed by atoms with Crippen LogP contribution in [0, 0.1) is 5.82 Å². The van der Waals surface area contributed by atoms with Crippen molar-refractivity contribution in [2.45, 2.75) is 6.54 Å². The summed E-state index contributed by atoms with van der Waals surface area (Å²) < 4.78 is 14.4. The molecule has 0 aliphatic heterocycles. The summed E-state index contributed by atoms with van der Waals surface area (Å²) in [6.45, 7) is 0.350. The van der Waals surface area contributed by atoms with E-state index in [-0.39, 0.29) is 5.56 Å². The second-order valence-electron chi connectivity index (χ2n) is 3.50. The minimum Gasteiger partial charge on any atom is -0.347 e. The van der Waals surface area contributed by atoms with E-state index in [4.69, 9.17) is 11.6 Å². The summed E-state index contributed by atoms with van der Waals surface area (Å²) in [7, 11) is 0. The first-order valence-corrected chi connectivity index (χ1v) is 7.08. The Bertz CT molecular complexity index is 587. The van der Waals surface area contributed by atoms with Gasteiger partial charge in [0, 0.05) is 14.4 Å². The van der Waals surface area contributed by atoms with Gasteiger partial charge in [-0.25, -0.2) is 4.39 Å². The van der Waals surface area contributed by atoms with Crippen LogP contribution in [0.1, 0.15) is 15.2 Å². The fourth-order valence-electron chi connectivity index (χ4n) is 1.38. The van der Waals surface area contributed by atoms with Gasteiger partial charge in [-0.15, -0.1) is 11.3 Å². The van der Waals surface area contributed by atoms with Crippen LogP contribution in [0.5, 0.6) is 0 Å². The number of amides is 1. The van der Waals surface area contributed by atoms with E-state index >= 15 is 0 Å². The Morgan fingerprint density at radius 1 is 1.44 bits per heavy atom. The lowest BCUT2D eigenvalue weighted by Crippen LogP contribution is -2.23. The Balaban J connectivity index is 2.08. The summed E-state index contributed by atoms with van der Waals surface area (Å²) in [6, 6.07) is 5.80. The number of hydrogen-bond donors (Lipinski definition) is 1. The van der Waals surface area contributed by atoms with Crippen LogP contribution in [0.15, 0.2) is 34.1 Å². The summed E-state index contributed by atoms with van der Waals surface area (Å²) in [5.41, 5.74) is -0.0461. The molecule has 0 saturated heterocycles. The molecule has 94 valence electrons. The molecular weight excluding hydrogens is 341 g/mol. The van der Waals surface area contributed by atoms with Crippen LogP contribution in [-0.4, -0.2) is 5.91 Å². The Kier molecular flexibility index (Phi) is 4.37. The van der Waals surface area contributed by atoms with Crippen LogP contribution in [0.25, 0.3) is 0 Å². The predicted octanol–water partition coefficient (Wildman–Crippen LogP) is 4.23. The normalized spacial score (nSPS) is 10.4. The standard InChI is InChI=1S/C12H8BrClFNOS/c13-9-3-4-18-11(9)6-16-12(17)8-5-7(14)1-2-10(8)15/h1-5H,6H2,(H,16,17). The van der Waals surface area contributed by atoms with Crippen LogP contribution in [-0.2, 0) is 6.54 Å². The van der Waals surface area contributed by atoms with Gasteiger partial charge >= 0.3 is 0 Å². The second kappa shape index (κ2) is 5.82. The monoisotopic (exact) mass is 347 g/mol. The van der Waals surface area contributed by atoms with Gasteiger partial charge in [0.25, 0.3) is 5.91 Å². The van der Waals surface area contributed by atoms with E-state index in [1.54, 1.807) is 0 Å². The minimum atomic E-state index is -0.581. The van der Waals surface area contributed by atoms with Crippen LogP contribution < -0.4 is 5.32 Å². The lowest BCUT2D eigenvalue weighted by atomic mass is 10.2. The highest BCUT2D eigenvalue weighted by Crippen LogP contribution is 2.22. The highest BCUT2D eigenvalue weighted by molar-refractivity contribution is 9.10. The van der Waals surface area contributed by atoms with Gasteiger partial charge in [-0.1, -0.05) is 11.6 Å². The van der Waals surface area contributed by atoms with Gasteiger partial charge in [-0.3, -0.25) is 4.79 Å². The van der Waals surface area contributed by atoms with Crippen molar-refractivity contribution in [3.63, 3.8) is 0 Å². The Hall–Kier alpha value is -0.910. The molecule has 1 N–H and O–H groups in total. The fourth-order valence-corrected chi connectivity index (χ4v) is 2.98. The maximum atomic E-state index is 13.4. The van der Waals surface area contributed by atoms with Gasteiger partial charge in [0.1, 0.15) is 5.82 Å². The summed E-state index contributed by atoms with van der Waals surface area (Å²) in [5.74, 6) is -1.06. The zero-order valence-corrected chi connectivity index (χ0v) is 12.2. The second-order valence-corrected chi connectivity index (χ2v) is 5.79. The molecule has 0 radical (unpaired) electrons. The fraction of sp³-hybridized carbons (Fsp3) is 0.0833. The molecule has 0 unspecified atom stereocenters. The van der Waals surface area contributed by atoms with E-state index in [0.717, 1.165) is 9.35 Å². The molecule has 0 aliphatic rings. The number of benzene rings is 1. The van der Waals surface area contributed by atoms with Gasteiger partial charge in [0.2, 0.25) is 0 Å². The van der Waals surface area contributed by atoms with Gasteiger partial charge < -0.3 is 5.32 Å². The van der Waals surface area contributed by atoms with Gasteiger partial charge in [-0.05, 0) is 45.6 Å². The summed E-state index contributed by atoms with van der Waals surface area (Å²) >= 11 is 10.6. The van der Waals surface area contributed by atoms with Crippen molar-refractivity contribution < 1.29 is 9.18 Å². The molecule has 1 heterocycles. The lowest BCUT2D eigenvalue weighted by Gasteiger charge is -2.05. The van der Waals surface area contributed by atoms with Crippen LogP contribution in [0.3, 0.4) is 0 Å². The van der Waals surface area contributed by atoms with Crippen molar-refractivity contribution in [3.05, 3.63) is 55.4 Å². The van der Waals surface area contributed by atoms with Gasteiger partial charge in [-0.2, -0.15) is 0 Å². The van der Waals surface area contributed by atoms with Gasteiger partial charge in [0.15, 0.2) is 0 Å². The third kappa shape index (κ3) is 3.10. The molecule has 0 spiro atoms. The van der Waals surface area contributed by atoms with Crippen molar-refractivity contribution in [2.24, 2.45) is 0 Å². The number of halogens is 3. The molecule has 1 aromatic heterocycles. The zero-order chi connectivity index (χ0) is 13.1. The SMILES string of the molecule is O=C(NCc1sccc1Br)c1cc(Cl)ccc1F. The topological polar surface area (TPSA) is 29.1 Å². The van der Waals surface area contributed by atoms with Crippen molar-refractivity contribution in [1.82, 2.24) is 5.32 Å². The molecule has 1 amide bonds. The Morgan fingerprint density at radius 3 is 2.89 bits per heavy atom. The number of hydrogen-bond acceptors (Lipinski definition) is 2. The Labute approximate surface area is 121 Å². The third-order valence-electron chi connectivity index (χ3n) is 2.27. The summed E-state index contributed by atoms with van der Waals surface area (Å²) in [6.07, 6.45) is 0. The van der Waals surface area contributed by atoms with Gasteiger partial charge in [0.05, 0.1) is 12.1 Å². The molecule has 2 nitrogen and oxygen atoms in total. The quantitative estimate of drug-likeness (QED) is 0.883. The highest BCUT2D eigenvalue weighted by atomic mass is 79.9. The number of carbonyl (C=O) groups is 1. The molecule has 0 bridgehead atoms. The third-order valence-corrected chi connectivity index (χ3v) is 4.44. The van der Waals surface area contributed by atoms with Crippen molar-refractivity contribution in [1.29, 1.82) is 0 Å². The summed E-state index contributed by atoms with van der Waals surface area (Å²) in [5, 5.41) is 4.89. The Morgan fingerprint density at radius 2 is 2.22 bits per heavy atom. The lowest BCUT2D eigenvalue weighted by molar-refractivity contribution is 0.0947. The first-order chi connectivity index (χ1) is 8.58. The molecule has 0 aliphatic carbocycles. The van der Waals surface area contributed by atoms with Crippen LogP contribution in [0.4, 0.5) is 4.39 Å². The van der Waals surface area contributed by atoms with E-state index in [0.29, 0.717) is 11.6 Å². The largest absolute Gasteiger partial charge is 0.347 e. The molecule has 1 aromatic carbocycles. The van der Waals surface area contributed by atoms with E-state index in [1.807, 2.05) is 11.4 Å². The number of thiophene rings is 1. The molecule has 0 saturated carbocycles. The molecule has 2 rings (SSSR count). The van der Waals surface area contributed by atoms with E-state index < -0.39 is 11.7 Å². The maximum absolute atomic E-state index is 13.4. The molecule has 6 heteroatoms. The van der Waals surface area contributed by atoms with E-state index in [9.17, 15) is 9.18 Å². The predicted molar refractivity (Wildman–Crippen MR) is 74.6 cm³/mol. The van der Waals surface area contributed by atoms with E-state index in [1.165, 1.54) is 29.5 Å². The smallest absolute Gasteiger partial charge is 0.254 e. The first kappa shape index (κ1) is 13.5. The van der Waals surface area contributed by atoms with Crippen molar-refractivity contribution in [2.75, 3.05) is 0 Å². The minimum absolute atomic E-state index is 0.0461. The molecule has 0 atom stereocenters. The van der Waals surface area contributed by atoms with Crippen LogP contribution in [0.2, 0.25) is 5.02 Å². The number of carbonyl (C=O) groups excluding carboxylic acids is 1.